The molecule has 10 nitrogen and oxygen atoms in total. The lowest BCUT2D eigenvalue weighted by atomic mass is 10.1. The summed E-state index contributed by atoms with van der Waals surface area (Å²) in [5.74, 6) is -2.47. The Kier molecular flexibility index (Phi) is 6.32. The van der Waals surface area contributed by atoms with Gasteiger partial charge in [-0.1, -0.05) is 0 Å². The van der Waals surface area contributed by atoms with E-state index in [9.17, 15) is 24.3 Å². The average molecular weight is 356 g/mol. The van der Waals surface area contributed by atoms with E-state index >= 15 is 0 Å². The quantitative estimate of drug-likeness (QED) is 0.410. The number of hydrogen-bond acceptors (Lipinski definition) is 6. The summed E-state index contributed by atoms with van der Waals surface area (Å²) in [5.41, 5.74) is 5.35. The number of rotatable bonds is 6. The van der Waals surface area contributed by atoms with Crippen LogP contribution in [0.5, 0.6) is 0 Å². The summed E-state index contributed by atoms with van der Waals surface area (Å²) in [6.07, 6.45) is 2.14. The summed E-state index contributed by atoms with van der Waals surface area (Å²) in [5, 5.41) is 20.4. The second kappa shape index (κ2) is 8.26. The predicted octanol–water partition coefficient (Wildman–Crippen LogP) is -2.51. The number of nitrogens with two attached hydrogens (primary N) is 1. The number of nitrogens with zero attached hydrogens (tertiary/aromatic N) is 2. The van der Waals surface area contributed by atoms with Gasteiger partial charge in [-0.15, -0.1) is 0 Å². The number of aliphatic hydroxyl groups excluding tert-OH is 1. The highest BCUT2D eigenvalue weighted by Crippen LogP contribution is 2.24. The standard InChI is InChI=1S/C15H24N4O6/c16-9(8-20)13(22)17-7-12(21)18-5-1-3-10(18)14(23)19-6-2-4-11(19)15(24)25/h9-11,20H,1-8,16H2,(H,17,22)(H,24,25). The normalized spacial score (nSPS) is 24.2. The molecule has 0 aliphatic carbocycles. The molecule has 0 aromatic carbocycles. The van der Waals surface area contributed by atoms with Crippen LogP contribution in [-0.4, -0.2) is 88.1 Å². The number of nitrogens with one attached hydrogen (secondary N) is 1. The Labute approximate surface area is 144 Å². The minimum Gasteiger partial charge on any atom is -0.480 e. The summed E-state index contributed by atoms with van der Waals surface area (Å²) in [6, 6.07) is -2.65. The van der Waals surface area contributed by atoms with Gasteiger partial charge < -0.3 is 31.1 Å². The summed E-state index contributed by atoms with van der Waals surface area (Å²) < 4.78 is 0. The zero-order valence-electron chi connectivity index (χ0n) is 13.9. The van der Waals surface area contributed by atoms with Gasteiger partial charge in [-0.3, -0.25) is 14.4 Å². The SMILES string of the molecule is NC(CO)C(=O)NCC(=O)N1CCCC1C(=O)N1CCCC1C(=O)O. The van der Waals surface area contributed by atoms with Crippen molar-refractivity contribution in [3.05, 3.63) is 0 Å². The van der Waals surface area contributed by atoms with E-state index < -0.39 is 42.5 Å². The first kappa shape index (κ1) is 19.1. The number of carboxylic acid groups (broad SMARTS) is 1. The molecule has 2 fully saturated rings. The van der Waals surface area contributed by atoms with Crippen molar-refractivity contribution in [1.29, 1.82) is 0 Å². The molecule has 3 amide bonds. The molecule has 2 rings (SSSR count). The van der Waals surface area contributed by atoms with Crippen LogP contribution in [0.1, 0.15) is 25.7 Å². The van der Waals surface area contributed by atoms with E-state index in [2.05, 4.69) is 5.32 Å². The van der Waals surface area contributed by atoms with Crippen LogP contribution in [0.15, 0.2) is 0 Å². The van der Waals surface area contributed by atoms with Crippen molar-refractivity contribution in [3.8, 4) is 0 Å². The number of likely N-dealkylation sites (tertiary alicyclic amines) is 2. The number of hydrogen-bond donors (Lipinski definition) is 4. The molecule has 10 heteroatoms. The number of carbonyl (C=O) groups is 4. The van der Waals surface area contributed by atoms with Gasteiger partial charge in [0.1, 0.15) is 18.1 Å². The van der Waals surface area contributed by atoms with Crippen molar-refractivity contribution < 1.29 is 29.4 Å². The van der Waals surface area contributed by atoms with E-state index in [-0.39, 0.29) is 12.5 Å². The third-order valence-corrected chi connectivity index (χ3v) is 4.63. The highest BCUT2D eigenvalue weighted by atomic mass is 16.4. The van der Waals surface area contributed by atoms with Crippen molar-refractivity contribution in [1.82, 2.24) is 15.1 Å². The smallest absolute Gasteiger partial charge is 0.326 e. The molecule has 0 saturated carbocycles. The van der Waals surface area contributed by atoms with Gasteiger partial charge in [-0.2, -0.15) is 0 Å². The second-order valence-corrected chi connectivity index (χ2v) is 6.28. The third kappa shape index (κ3) is 4.26. The van der Waals surface area contributed by atoms with E-state index in [0.717, 1.165) is 0 Å². The Morgan fingerprint density at radius 2 is 1.68 bits per heavy atom. The number of carbonyl (C=O) groups excluding carboxylic acids is 3. The molecule has 0 radical (unpaired) electrons. The van der Waals surface area contributed by atoms with Gasteiger partial charge in [-0.25, -0.2) is 4.79 Å². The van der Waals surface area contributed by atoms with Crippen LogP contribution in [-0.2, 0) is 19.2 Å². The molecular formula is C15H24N4O6. The molecule has 0 bridgehead atoms. The molecule has 3 atom stereocenters. The molecule has 2 saturated heterocycles. The lowest BCUT2D eigenvalue weighted by molar-refractivity contribution is -0.151. The minimum absolute atomic E-state index is 0.321. The number of aliphatic hydroxyl groups is 1. The molecule has 140 valence electrons. The van der Waals surface area contributed by atoms with Gasteiger partial charge in [0.25, 0.3) is 0 Å². The summed E-state index contributed by atoms with van der Waals surface area (Å²) in [4.78, 5) is 50.5. The molecule has 2 aliphatic rings. The predicted molar refractivity (Wildman–Crippen MR) is 85.2 cm³/mol. The van der Waals surface area contributed by atoms with Gasteiger partial charge in [0.2, 0.25) is 17.7 Å². The first-order valence-electron chi connectivity index (χ1n) is 8.33. The van der Waals surface area contributed by atoms with Crippen LogP contribution in [0.2, 0.25) is 0 Å². The molecule has 0 aromatic rings. The van der Waals surface area contributed by atoms with Crippen molar-refractivity contribution in [2.24, 2.45) is 5.73 Å². The first-order valence-corrected chi connectivity index (χ1v) is 8.33. The lowest BCUT2D eigenvalue weighted by Gasteiger charge is -2.30. The topological polar surface area (TPSA) is 153 Å². The fourth-order valence-electron chi connectivity index (χ4n) is 3.28. The van der Waals surface area contributed by atoms with Gasteiger partial charge in [-0.05, 0) is 25.7 Å². The summed E-state index contributed by atoms with van der Waals surface area (Å²) in [6.45, 7) is -0.103. The van der Waals surface area contributed by atoms with E-state index in [1.54, 1.807) is 0 Å². The zero-order chi connectivity index (χ0) is 18.6. The van der Waals surface area contributed by atoms with Gasteiger partial charge >= 0.3 is 5.97 Å². The number of carboxylic acids is 1. The monoisotopic (exact) mass is 356 g/mol. The highest BCUT2D eigenvalue weighted by molar-refractivity contribution is 5.93. The second-order valence-electron chi connectivity index (χ2n) is 6.28. The van der Waals surface area contributed by atoms with Crippen LogP contribution in [0.4, 0.5) is 0 Å². The maximum atomic E-state index is 12.7. The molecule has 3 unspecified atom stereocenters. The summed E-state index contributed by atoms with van der Waals surface area (Å²) >= 11 is 0. The average Bonchev–Trinajstić information content (AvgIpc) is 3.26. The van der Waals surface area contributed by atoms with Crippen molar-refractivity contribution in [2.45, 2.75) is 43.8 Å². The summed E-state index contributed by atoms with van der Waals surface area (Å²) in [7, 11) is 0. The van der Waals surface area contributed by atoms with E-state index in [1.165, 1.54) is 9.80 Å². The van der Waals surface area contributed by atoms with E-state index in [1.807, 2.05) is 0 Å². The van der Waals surface area contributed by atoms with Gasteiger partial charge in [0.05, 0.1) is 13.2 Å². The van der Waals surface area contributed by atoms with Gasteiger partial charge in [0.15, 0.2) is 0 Å². The van der Waals surface area contributed by atoms with Crippen LogP contribution < -0.4 is 11.1 Å². The number of aliphatic carboxylic acids is 1. The Morgan fingerprint density at radius 1 is 1.08 bits per heavy atom. The molecule has 5 N–H and O–H groups in total. The molecule has 2 aliphatic heterocycles. The third-order valence-electron chi connectivity index (χ3n) is 4.63. The zero-order valence-corrected chi connectivity index (χ0v) is 13.9. The molecule has 25 heavy (non-hydrogen) atoms. The van der Waals surface area contributed by atoms with Crippen molar-refractivity contribution in [3.63, 3.8) is 0 Å². The number of amides is 3. The molecular weight excluding hydrogens is 332 g/mol. The maximum absolute atomic E-state index is 12.7. The van der Waals surface area contributed by atoms with Crippen LogP contribution in [0, 0.1) is 0 Å². The van der Waals surface area contributed by atoms with E-state index in [4.69, 9.17) is 10.8 Å². The lowest BCUT2D eigenvalue weighted by Crippen LogP contribution is -2.53. The molecule has 2 heterocycles. The largest absolute Gasteiger partial charge is 0.480 e. The fraction of sp³-hybridized carbons (Fsp3) is 0.733. The molecule has 0 spiro atoms. The Balaban J connectivity index is 1.97. The van der Waals surface area contributed by atoms with Crippen LogP contribution in [0.25, 0.3) is 0 Å². The van der Waals surface area contributed by atoms with Crippen molar-refractivity contribution >= 4 is 23.7 Å². The maximum Gasteiger partial charge on any atom is 0.326 e. The first-order chi connectivity index (χ1) is 11.9. The fourth-order valence-corrected chi connectivity index (χ4v) is 3.28. The molecule has 0 aromatic heterocycles. The van der Waals surface area contributed by atoms with Crippen molar-refractivity contribution in [2.75, 3.05) is 26.2 Å². The van der Waals surface area contributed by atoms with Crippen LogP contribution in [0.3, 0.4) is 0 Å². The Morgan fingerprint density at radius 3 is 2.28 bits per heavy atom. The van der Waals surface area contributed by atoms with E-state index in [0.29, 0.717) is 38.8 Å². The minimum atomic E-state index is -1.11. The highest BCUT2D eigenvalue weighted by Gasteiger charge is 2.42. The Bertz CT molecular complexity index is 554. The van der Waals surface area contributed by atoms with Gasteiger partial charge in [0, 0.05) is 13.1 Å². The van der Waals surface area contributed by atoms with Crippen LogP contribution >= 0.6 is 0 Å². The Hall–Kier alpha value is -2.20.